The lowest BCUT2D eigenvalue weighted by Gasteiger charge is -2.18. The van der Waals surface area contributed by atoms with Gasteiger partial charge in [0.05, 0.1) is 24.1 Å². The van der Waals surface area contributed by atoms with Crippen molar-refractivity contribution in [2.75, 3.05) is 24.3 Å². The summed E-state index contributed by atoms with van der Waals surface area (Å²) in [4.78, 5) is 23.2. The molecule has 1 amide bonds. The van der Waals surface area contributed by atoms with Gasteiger partial charge in [-0.2, -0.15) is 0 Å². The highest BCUT2D eigenvalue weighted by Gasteiger charge is 2.17. The summed E-state index contributed by atoms with van der Waals surface area (Å²) in [6.07, 6.45) is 0.802. The molecule has 0 unspecified atom stereocenters. The van der Waals surface area contributed by atoms with Crippen molar-refractivity contribution in [1.82, 2.24) is 9.97 Å². The van der Waals surface area contributed by atoms with Crippen LogP contribution in [-0.2, 0) is 4.79 Å². The number of aromatic nitrogens is 2. The third kappa shape index (κ3) is 6.35. The normalized spacial score (nSPS) is 11.4. The zero-order chi connectivity index (χ0) is 38.9. The van der Waals surface area contributed by atoms with Crippen LogP contribution in [0.15, 0.2) is 182 Å². The van der Waals surface area contributed by atoms with Gasteiger partial charge in [-0.1, -0.05) is 164 Å². The second-order valence-electron chi connectivity index (χ2n) is 13.8. The summed E-state index contributed by atoms with van der Waals surface area (Å²) in [5.41, 5.74) is 11.9. The fourth-order valence-corrected chi connectivity index (χ4v) is 7.64. The van der Waals surface area contributed by atoms with E-state index in [0.29, 0.717) is 17.2 Å². The van der Waals surface area contributed by atoms with Gasteiger partial charge in [-0.25, -0.2) is 9.97 Å². The fourth-order valence-electron chi connectivity index (χ4n) is 7.64. The number of nitrogens with one attached hydrogen (secondary N) is 1. The zero-order valence-electron chi connectivity index (χ0n) is 32.1. The molecule has 1 N–H and O–H groups in total. The van der Waals surface area contributed by atoms with Crippen molar-refractivity contribution < 1.29 is 6.17 Å². The number of anilines is 2. The number of amides is 1. The molecule has 8 aromatic carbocycles. The Bertz CT molecular complexity index is 2860. The fraction of sp³-hybridized carbons (Fsp3) is 0.0392. The van der Waals surface area contributed by atoms with Crippen LogP contribution in [0.1, 0.15) is 1.37 Å². The maximum atomic E-state index is 11.6. The summed E-state index contributed by atoms with van der Waals surface area (Å²) >= 11 is 0. The maximum absolute atomic E-state index is 11.6. The lowest BCUT2D eigenvalue weighted by molar-refractivity contribution is -0.107. The molecule has 0 saturated carbocycles. The Balaban J connectivity index is 1.15. The molecule has 0 fully saturated rings. The van der Waals surface area contributed by atoms with E-state index in [-0.39, 0.29) is 6.04 Å². The minimum absolute atomic E-state index is 0.256. The van der Waals surface area contributed by atoms with Gasteiger partial charge in [0.1, 0.15) is 0 Å². The highest BCUT2D eigenvalue weighted by Crippen LogP contribution is 2.44. The molecule has 1 aromatic heterocycles. The summed E-state index contributed by atoms with van der Waals surface area (Å²) in [5.74, 6) is 0.558. The van der Waals surface area contributed by atoms with Crippen LogP contribution in [0.2, 0.25) is 0 Å². The first-order chi connectivity index (χ1) is 28.0. The Morgan fingerprint density at radius 3 is 1.39 bits per heavy atom. The predicted octanol–water partition coefficient (Wildman–Crippen LogP) is 12.4. The molecule has 0 atom stereocenters. The lowest BCUT2D eigenvalue weighted by Crippen LogP contribution is -2.15. The molecule has 9 aromatic rings. The molecule has 9 rings (SSSR count). The van der Waals surface area contributed by atoms with E-state index in [1.165, 1.54) is 38.2 Å². The second kappa shape index (κ2) is 14.8. The molecule has 0 saturated heterocycles. The number of nitrogens with zero attached hydrogens (tertiary/aromatic N) is 3. The van der Waals surface area contributed by atoms with Crippen molar-refractivity contribution in [1.29, 1.82) is 0 Å². The molecule has 1 heterocycles. The number of fused-ring (bicyclic) bond motifs is 2. The quantitative estimate of drug-likeness (QED) is 0.119. The standard InChI is InChI=1S/C51H38N4O/c1-52-45-30-29-40(31-48(45)55(2)33-56)34-21-23-35(24-22-34)46-32-47(54-51(53-46)39-15-7-4-8-16-39)36-25-27-38(28-26-36)50-43-19-11-9-17-41(43)49(37-13-5-3-6-14-37)42-18-10-12-20-44(42)50/h3-33,52H,1-2H3/i32D. The predicted molar refractivity (Wildman–Crippen MR) is 234 cm³/mol. The SMILES string of the molecule is [2H]c1c(-c2ccc(-c3ccc(NC)c(N(C)C=O)c3)cc2)nc(-c2ccccc2)nc1-c1ccc(-c2c3ccccc3c(-c3ccccc3)c3ccccc23)cc1. The van der Waals surface area contributed by atoms with Gasteiger partial charge >= 0.3 is 0 Å². The average Bonchev–Trinajstić information content (AvgIpc) is 3.28. The summed E-state index contributed by atoms with van der Waals surface area (Å²) in [6.45, 7) is 0. The molecular weight excluding hydrogens is 685 g/mol. The molecule has 5 heteroatoms. The number of rotatable bonds is 9. The molecule has 56 heavy (non-hydrogen) atoms. The lowest BCUT2D eigenvalue weighted by atomic mass is 9.86. The molecule has 0 spiro atoms. The first kappa shape index (κ1) is 33.2. The molecule has 5 nitrogen and oxygen atoms in total. The van der Waals surface area contributed by atoms with Gasteiger partial charge in [0.15, 0.2) is 5.82 Å². The van der Waals surface area contributed by atoms with Gasteiger partial charge in [-0.3, -0.25) is 4.79 Å². The summed E-state index contributed by atoms with van der Waals surface area (Å²) in [7, 11) is 3.58. The van der Waals surface area contributed by atoms with E-state index in [2.05, 4.69) is 108 Å². The number of carbonyl (C=O) groups excluding carboxylic acids is 1. The third-order valence-electron chi connectivity index (χ3n) is 10.4. The highest BCUT2D eigenvalue weighted by molar-refractivity contribution is 6.21. The van der Waals surface area contributed by atoms with Crippen molar-refractivity contribution in [3.63, 3.8) is 0 Å². The minimum Gasteiger partial charge on any atom is -0.386 e. The van der Waals surface area contributed by atoms with Crippen LogP contribution < -0.4 is 10.2 Å². The second-order valence-corrected chi connectivity index (χ2v) is 13.8. The Morgan fingerprint density at radius 1 is 0.500 bits per heavy atom. The monoisotopic (exact) mass is 723 g/mol. The van der Waals surface area contributed by atoms with Gasteiger partial charge in [0, 0.05) is 30.8 Å². The summed E-state index contributed by atoms with van der Waals surface area (Å²) in [6, 6.07) is 60.6. The molecule has 268 valence electrons. The molecule has 0 radical (unpaired) electrons. The number of hydrogen-bond donors (Lipinski definition) is 1. The van der Waals surface area contributed by atoms with E-state index in [4.69, 9.17) is 9.97 Å². The Labute approximate surface area is 328 Å². The van der Waals surface area contributed by atoms with Crippen LogP contribution in [-0.4, -0.2) is 30.5 Å². The zero-order valence-corrected chi connectivity index (χ0v) is 31.1. The third-order valence-corrected chi connectivity index (χ3v) is 10.4. The largest absolute Gasteiger partial charge is 0.386 e. The number of hydrogen-bond acceptors (Lipinski definition) is 4. The Kier molecular flexibility index (Phi) is 8.78. The van der Waals surface area contributed by atoms with E-state index in [1.807, 2.05) is 79.8 Å². The minimum atomic E-state index is 0.256. The van der Waals surface area contributed by atoms with Gasteiger partial charge in [-0.05, 0) is 73.1 Å². The molecular formula is C51H38N4O. The van der Waals surface area contributed by atoms with E-state index in [9.17, 15) is 6.17 Å². The summed E-state index contributed by atoms with van der Waals surface area (Å²) < 4.78 is 9.51. The Morgan fingerprint density at radius 2 is 0.911 bits per heavy atom. The van der Waals surface area contributed by atoms with Crippen LogP contribution in [0.3, 0.4) is 0 Å². The maximum Gasteiger partial charge on any atom is 0.213 e. The van der Waals surface area contributed by atoms with Crippen molar-refractivity contribution in [2.24, 2.45) is 0 Å². The first-order valence-corrected chi connectivity index (χ1v) is 18.7. The van der Waals surface area contributed by atoms with Crippen molar-refractivity contribution in [3.05, 3.63) is 182 Å². The Hall–Kier alpha value is -7.37. The van der Waals surface area contributed by atoms with Crippen molar-refractivity contribution in [3.8, 4) is 67.3 Å². The molecule has 0 aliphatic carbocycles. The molecule has 0 bridgehead atoms. The van der Waals surface area contributed by atoms with Gasteiger partial charge < -0.3 is 10.2 Å². The smallest absolute Gasteiger partial charge is 0.213 e. The molecule has 0 aliphatic rings. The van der Waals surface area contributed by atoms with Crippen LogP contribution in [0.5, 0.6) is 0 Å². The van der Waals surface area contributed by atoms with Crippen molar-refractivity contribution >= 4 is 39.3 Å². The van der Waals surface area contributed by atoms with Crippen LogP contribution >= 0.6 is 0 Å². The molecule has 0 aliphatic heterocycles. The first-order valence-electron chi connectivity index (χ1n) is 19.2. The van der Waals surface area contributed by atoms with E-state index in [0.717, 1.165) is 51.2 Å². The van der Waals surface area contributed by atoms with Crippen LogP contribution in [0.25, 0.3) is 88.8 Å². The van der Waals surface area contributed by atoms with Gasteiger partial charge in [0.2, 0.25) is 6.41 Å². The van der Waals surface area contributed by atoms with Gasteiger partial charge in [-0.15, -0.1) is 0 Å². The topological polar surface area (TPSA) is 58.1 Å². The summed E-state index contributed by atoms with van der Waals surface area (Å²) in [5, 5.41) is 7.95. The van der Waals surface area contributed by atoms with Crippen molar-refractivity contribution in [2.45, 2.75) is 0 Å². The number of benzene rings is 8. The van der Waals surface area contributed by atoms with E-state index < -0.39 is 0 Å². The highest BCUT2D eigenvalue weighted by atomic mass is 16.1. The van der Waals surface area contributed by atoms with Gasteiger partial charge in [0.25, 0.3) is 0 Å². The average molecular weight is 724 g/mol. The van der Waals surface area contributed by atoms with Crippen LogP contribution in [0.4, 0.5) is 11.4 Å². The number of carbonyl (C=O) groups is 1. The van der Waals surface area contributed by atoms with E-state index >= 15 is 0 Å². The van der Waals surface area contributed by atoms with E-state index in [1.54, 1.807) is 11.9 Å². The van der Waals surface area contributed by atoms with Crippen LogP contribution in [0, 0.1) is 0 Å².